The van der Waals surface area contributed by atoms with E-state index in [1.807, 2.05) is 6.08 Å². The van der Waals surface area contributed by atoms with Gasteiger partial charge in [-0.05, 0) is 45.1 Å². The number of hydrogen-bond donors (Lipinski definition) is 1. The van der Waals surface area contributed by atoms with E-state index in [1.165, 1.54) is 6.54 Å². The standard InChI is InChI=1S/C22H37N5O/c1-18(2)15-26-9-11-27(12-10-26)22(8-13-28-21(3,4)16-22)17-24-20-7-5-6-19(14-23)25-20/h6,18H,5,7-13,15-17H2,1-4H3,(H,24,25). The van der Waals surface area contributed by atoms with E-state index in [4.69, 9.17) is 9.73 Å². The number of nitrogens with zero attached hydrogens (tertiary/aromatic N) is 4. The number of ether oxygens (including phenoxy) is 1. The molecule has 3 rings (SSSR count). The van der Waals surface area contributed by atoms with Crippen LogP contribution in [0.2, 0.25) is 0 Å². The van der Waals surface area contributed by atoms with Crippen LogP contribution < -0.4 is 5.32 Å². The average Bonchev–Trinajstić information content (AvgIpc) is 2.66. The first-order chi connectivity index (χ1) is 13.3. The van der Waals surface area contributed by atoms with Crippen LogP contribution in [-0.4, -0.2) is 72.7 Å². The molecule has 1 N–H and O–H groups in total. The summed E-state index contributed by atoms with van der Waals surface area (Å²) < 4.78 is 6.06. The van der Waals surface area contributed by atoms with Gasteiger partial charge in [0.05, 0.1) is 12.1 Å². The van der Waals surface area contributed by atoms with Crippen LogP contribution in [0.3, 0.4) is 0 Å². The number of rotatable bonds is 5. The molecule has 0 bridgehead atoms. The van der Waals surface area contributed by atoms with Crippen molar-refractivity contribution < 1.29 is 4.74 Å². The van der Waals surface area contributed by atoms with Crippen LogP contribution >= 0.6 is 0 Å². The van der Waals surface area contributed by atoms with Crippen molar-refractivity contribution in [3.05, 3.63) is 11.8 Å². The third kappa shape index (κ3) is 5.34. The Balaban J connectivity index is 1.72. The number of nitrogens with one attached hydrogen (secondary N) is 1. The van der Waals surface area contributed by atoms with E-state index < -0.39 is 0 Å². The van der Waals surface area contributed by atoms with Crippen molar-refractivity contribution in [2.45, 2.75) is 64.5 Å². The molecule has 1 atom stereocenters. The fourth-order valence-electron chi connectivity index (χ4n) is 4.93. The molecule has 0 aromatic carbocycles. The Bertz CT molecular complexity index is 640. The highest BCUT2D eigenvalue weighted by molar-refractivity contribution is 5.85. The van der Waals surface area contributed by atoms with Gasteiger partial charge in [0, 0.05) is 51.3 Å². The Morgan fingerprint density at radius 1 is 1.29 bits per heavy atom. The molecule has 3 aliphatic rings. The Morgan fingerprint density at radius 2 is 2.04 bits per heavy atom. The molecule has 3 aliphatic heterocycles. The topological polar surface area (TPSA) is 63.9 Å². The Kier molecular flexibility index (Phi) is 6.80. The maximum absolute atomic E-state index is 9.17. The lowest BCUT2D eigenvalue weighted by Crippen LogP contribution is -2.63. The number of amidine groups is 1. The van der Waals surface area contributed by atoms with Gasteiger partial charge in [0.15, 0.2) is 0 Å². The van der Waals surface area contributed by atoms with Crippen molar-refractivity contribution in [2.24, 2.45) is 10.9 Å². The van der Waals surface area contributed by atoms with Crippen molar-refractivity contribution in [1.29, 1.82) is 5.26 Å². The third-order valence-electron chi connectivity index (χ3n) is 6.17. The van der Waals surface area contributed by atoms with Crippen LogP contribution in [0.5, 0.6) is 0 Å². The molecule has 2 fully saturated rings. The van der Waals surface area contributed by atoms with Gasteiger partial charge < -0.3 is 15.0 Å². The molecule has 3 heterocycles. The molecule has 0 radical (unpaired) electrons. The van der Waals surface area contributed by atoms with Crippen molar-refractivity contribution in [2.75, 3.05) is 45.9 Å². The molecule has 0 aliphatic carbocycles. The van der Waals surface area contributed by atoms with Crippen molar-refractivity contribution >= 4 is 5.84 Å². The second kappa shape index (κ2) is 8.94. The highest BCUT2D eigenvalue weighted by Crippen LogP contribution is 2.37. The summed E-state index contributed by atoms with van der Waals surface area (Å²) in [5.41, 5.74) is 0.563. The first-order valence-corrected chi connectivity index (χ1v) is 10.8. The first kappa shape index (κ1) is 21.3. The van der Waals surface area contributed by atoms with Gasteiger partial charge in [0.1, 0.15) is 17.6 Å². The lowest BCUT2D eigenvalue weighted by molar-refractivity contribution is -0.124. The first-order valence-electron chi connectivity index (χ1n) is 10.8. The normalized spacial score (nSPS) is 30.7. The molecule has 156 valence electrons. The van der Waals surface area contributed by atoms with Gasteiger partial charge in [0.25, 0.3) is 0 Å². The number of nitriles is 1. The lowest BCUT2D eigenvalue weighted by atomic mass is 9.79. The zero-order valence-corrected chi connectivity index (χ0v) is 18.1. The minimum Gasteiger partial charge on any atom is -0.375 e. The molecule has 0 aromatic heterocycles. The van der Waals surface area contributed by atoms with Crippen LogP contribution in [0.15, 0.2) is 16.8 Å². The Morgan fingerprint density at radius 3 is 2.68 bits per heavy atom. The van der Waals surface area contributed by atoms with Gasteiger partial charge >= 0.3 is 0 Å². The van der Waals surface area contributed by atoms with Crippen molar-refractivity contribution in [3.63, 3.8) is 0 Å². The summed E-state index contributed by atoms with van der Waals surface area (Å²) in [6.45, 7) is 16.2. The highest BCUT2D eigenvalue weighted by Gasteiger charge is 2.45. The van der Waals surface area contributed by atoms with Crippen LogP contribution in [0.1, 0.15) is 53.4 Å². The number of aliphatic imine (C=N–C) groups is 1. The SMILES string of the molecule is CC(C)CN1CCN(C2(CN=C3CCC=C(C#N)N3)CCOC(C)(C)C2)CC1. The summed E-state index contributed by atoms with van der Waals surface area (Å²) in [6, 6.07) is 2.21. The van der Waals surface area contributed by atoms with E-state index in [0.29, 0.717) is 11.6 Å². The smallest absolute Gasteiger partial charge is 0.117 e. The summed E-state index contributed by atoms with van der Waals surface area (Å²) in [5.74, 6) is 1.68. The van der Waals surface area contributed by atoms with Gasteiger partial charge in [-0.3, -0.25) is 9.89 Å². The largest absolute Gasteiger partial charge is 0.375 e. The van der Waals surface area contributed by atoms with E-state index in [2.05, 4.69) is 48.9 Å². The molecule has 0 spiro atoms. The van der Waals surface area contributed by atoms with Crippen LogP contribution in [-0.2, 0) is 4.74 Å². The number of allylic oxidation sites excluding steroid dienone is 2. The lowest BCUT2D eigenvalue weighted by Gasteiger charge is -2.53. The molecule has 0 amide bonds. The van der Waals surface area contributed by atoms with E-state index in [1.54, 1.807) is 0 Å². The maximum atomic E-state index is 9.17. The van der Waals surface area contributed by atoms with Crippen molar-refractivity contribution in [1.82, 2.24) is 15.1 Å². The minimum atomic E-state index is -0.120. The quantitative estimate of drug-likeness (QED) is 0.786. The number of piperazine rings is 1. The second-order valence-corrected chi connectivity index (χ2v) is 9.60. The zero-order chi connectivity index (χ0) is 20.2. The molecule has 0 aromatic rings. The molecule has 6 heteroatoms. The predicted octanol–water partition coefficient (Wildman–Crippen LogP) is 2.78. The number of hydrogen-bond acceptors (Lipinski definition) is 5. The summed E-state index contributed by atoms with van der Waals surface area (Å²) in [5, 5.41) is 12.4. The van der Waals surface area contributed by atoms with Crippen LogP contribution in [0.4, 0.5) is 0 Å². The van der Waals surface area contributed by atoms with Crippen molar-refractivity contribution in [3.8, 4) is 6.07 Å². The summed E-state index contributed by atoms with van der Waals surface area (Å²) in [7, 11) is 0. The van der Waals surface area contributed by atoms with E-state index in [0.717, 1.165) is 70.8 Å². The van der Waals surface area contributed by atoms with E-state index in [9.17, 15) is 5.26 Å². The molecule has 28 heavy (non-hydrogen) atoms. The summed E-state index contributed by atoms with van der Waals surface area (Å²) >= 11 is 0. The Labute approximate surface area is 170 Å². The highest BCUT2D eigenvalue weighted by atomic mass is 16.5. The van der Waals surface area contributed by atoms with E-state index in [-0.39, 0.29) is 11.1 Å². The van der Waals surface area contributed by atoms with Gasteiger partial charge in [-0.2, -0.15) is 5.26 Å². The summed E-state index contributed by atoms with van der Waals surface area (Å²) in [4.78, 5) is 10.3. The predicted molar refractivity (Wildman–Crippen MR) is 113 cm³/mol. The van der Waals surface area contributed by atoms with Gasteiger partial charge in [-0.25, -0.2) is 0 Å². The van der Waals surface area contributed by atoms with Gasteiger partial charge in [0.2, 0.25) is 0 Å². The van der Waals surface area contributed by atoms with Gasteiger partial charge in [-0.15, -0.1) is 0 Å². The Hall–Kier alpha value is -1.42. The van der Waals surface area contributed by atoms with Gasteiger partial charge in [-0.1, -0.05) is 13.8 Å². The molecule has 2 saturated heterocycles. The second-order valence-electron chi connectivity index (χ2n) is 9.60. The molecule has 6 nitrogen and oxygen atoms in total. The summed E-state index contributed by atoms with van der Waals surface area (Å²) in [6.07, 6.45) is 5.77. The van der Waals surface area contributed by atoms with Crippen LogP contribution in [0, 0.1) is 17.2 Å². The molecule has 0 saturated carbocycles. The fraction of sp³-hybridized carbons (Fsp3) is 0.818. The van der Waals surface area contributed by atoms with Crippen LogP contribution in [0.25, 0.3) is 0 Å². The molecular weight excluding hydrogens is 350 g/mol. The third-order valence-corrected chi connectivity index (χ3v) is 6.17. The fourth-order valence-corrected chi connectivity index (χ4v) is 4.93. The van der Waals surface area contributed by atoms with E-state index >= 15 is 0 Å². The maximum Gasteiger partial charge on any atom is 0.117 e. The minimum absolute atomic E-state index is 0.0499. The average molecular weight is 388 g/mol. The zero-order valence-electron chi connectivity index (χ0n) is 18.1. The monoisotopic (exact) mass is 387 g/mol. The molecular formula is C22H37N5O. The molecule has 1 unspecified atom stereocenters.